The number of hydrogen-bond donors (Lipinski definition) is 1. The number of hydrogen-bond acceptors (Lipinski definition) is 4. The maximum atomic E-state index is 11.6. The number of anilines is 1. The van der Waals surface area contributed by atoms with Crippen LogP contribution in [0.25, 0.3) is 0 Å². The number of benzene rings is 1. The highest BCUT2D eigenvalue weighted by Gasteiger charge is 2.06. The molecular weight excluding hydrogens is 282 g/mol. The average Bonchev–Trinajstić information content (AvgIpc) is 2.47. The summed E-state index contributed by atoms with van der Waals surface area (Å²) < 4.78 is 10.1. The van der Waals surface area contributed by atoms with Gasteiger partial charge in [-0.15, -0.1) is 0 Å². The number of esters is 1. The zero-order valence-electron chi connectivity index (χ0n) is 13.4. The van der Waals surface area contributed by atoms with E-state index in [1.165, 1.54) is 0 Å². The highest BCUT2D eigenvalue weighted by atomic mass is 16.6. The molecule has 0 aromatic heterocycles. The normalized spacial score (nSPS) is 10.3. The molecule has 5 nitrogen and oxygen atoms in total. The average molecular weight is 307 g/mol. The van der Waals surface area contributed by atoms with Crippen molar-refractivity contribution in [3.63, 3.8) is 0 Å². The molecule has 0 aliphatic rings. The molecule has 1 rings (SSSR count). The first-order chi connectivity index (χ1) is 10.6. The van der Waals surface area contributed by atoms with Gasteiger partial charge in [0.25, 0.3) is 0 Å². The van der Waals surface area contributed by atoms with Gasteiger partial charge >= 0.3 is 5.97 Å². The lowest BCUT2D eigenvalue weighted by Gasteiger charge is -2.07. The zero-order chi connectivity index (χ0) is 16.2. The molecule has 0 bridgehead atoms. The van der Waals surface area contributed by atoms with Gasteiger partial charge in [0.15, 0.2) is 0 Å². The van der Waals surface area contributed by atoms with E-state index in [-0.39, 0.29) is 19.1 Å². The first-order valence-corrected chi connectivity index (χ1v) is 7.71. The van der Waals surface area contributed by atoms with Crippen LogP contribution >= 0.6 is 0 Å². The van der Waals surface area contributed by atoms with E-state index in [1.54, 1.807) is 6.07 Å². The highest BCUT2D eigenvalue weighted by molar-refractivity contribution is 5.91. The molecule has 0 atom stereocenters. The first-order valence-electron chi connectivity index (χ1n) is 7.71. The van der Waals surface area contributed by atoms with Crippen LogP contribution in [-0.4, -0.2) is 31.7 Å². The maximum absolute atomic E-state index is 11.6. The molecule has 1 aromatic carbocycles. The lowest BCUT2D eigenvalue weighted by Crippen LogP contribution is -2.22. The van der Waals surface area contributed by atoms with Crippen LogP contribution in [-0.2, 0) is 19.1 Å². The Morgan fingerprint density at radius 3 is 2.68 bits per heavy atom. The summed E-state index contributed by atoms with van der Waals surface area (Å²) in [6.45, 7) is 4.12. The molecule has 1 N–H and O–H groups in total. The Labute approximate surface area is 132 Å². The van der Waals surface area contributed by atoms with E-state index < -0.39 is 5.97 Å². The summed E-state index contributed by atoms with van der Waals surface area (Å²) in [6, 6.07) is 7.47. The Bertz CT molecular complexity index is 473. The van der Waals surface area contributed by atoms with E-state index in [4.69, 9.17) is 9.47 Å². The van der Waals surface area contributed by atoms with Gasteiger partial charge in [-0.2, -0.15) is 0 Å². The standard InChI is InChI=1S/C17H25NO4/c1-3-4-5-6-10-22-17(20)13-21-12-16(19)18-15-9-7-8-14(2)11-15/h7-9,11H,3-6,10,12-13H2,1-2H3,(H,18,19). The van der Waals surface area contributed by atoms with Gasteiger partial charge < -0.3 is 14.8 Å². The smallest absolute Gasteiger partial charge is 0.332 e. The van der Waals surface area contributed by atoms with Crippen LogP contribution in [0.3, 0.4) is 0 Å². The number of amides is 1. The van der Waals surface area contributed by atoms with Crippen LogP contribution in [0.1, 0.15) is 38.2 Å². The molecule has 0 unspecified atom stereocenters. The summed E-state index contributed by atoms with van der Waals surface area (Å²) in [5.74, 6) is -0.721. The summed E-state index contributed by atoms with van der Waals surface area (Å²) in [7, 11) is 0. The molecule has 1 aromatic rings. The SMILES string of the molecule is CCCCCCOC(=O)COCC(=O)Nc1cccc(C)c1. The third kappa shape index (κ3) is 8.42. The summed E-state index contributed by atoms with van der Waals surface area (Å²) in [5, 5.41) is 2.71. The zero-order valence-corrected chi connectivity index (χ0v) is 13.4. The van der Waals surface area contributed by atoms with Crippen molar-refractivity contribution < 1.29 is 19.1 Å². The Balaban J connectivity index is 2.10. The van der Waals surface area contributed by atoms with Gasteiger partial charge in [0, 0.05) is 5.69 Å². The van der Waals surface area contributed by atoms with Crippen molar-refractivity contribution >= 4 is 17.6 Å². The molecule has 1 amide bonds. The largest absolute Gasteiger partial charge is 0.464 e. The minimum Gasteiger partial charge on any atom is -0.464 e. The van der Waals surface area contributed by atoms with Gasteiger partial charge in [-0.25, -0.2) is 4.79 Å². The Morgan fingerprint density at radius 1 is 1.14 bits per heavy atom. The van der Waals surface area contributed by atoms with Crippen molar-refractivity contribution in [3.8, 4) is 0 Å². The predicted octanol–water partition coefficient (Wildman–Crippen LogP) is 3.07. The third-order valence-electron chi connectivity index (χ3n) is 3.02. The molecule has 0 aliphatic carbocycles. The third-order valence-corrected chi connectivity index (χ3v) is 3.02. The second-order valence-corrected chi connectivity index (χ2v) is 5.19. The molecule has 0 fully saturated rings. The maximum Gasteiger partial charge on any atom is 0.332 e. The van der Waals surface area contributed by atoms with Crippen LogP contribution in [0.2, 0.25) is 0 Å². The number of carbonyl (C=O) groups is 2. The quantitative estimate of drug-likeness (QED) is 0.533. The second kappa shape index (κ2) is 10.8. The molecule has 0 heterocycles. The van der Waals surface area contributed by atoms with E-state index >= 15 is 0 Å². The van der Waals surface area contributed by atoms with Crippen molar-refractivity contribution in [2.75, 3.05) is 25.1 Å². The number of ether oxygens (including phenoxy) is 2. The van der Waals surface area contributed by atoms with Crippen LogP contribution in [0, 0.1) is 6.92 Å². The summed E-state index contributed by atoms with van der Waals surface area (Å²) >= 11 is 0. The van der Waals surface area contributed by atoms with Crippen molar-refractivity contribution in [3.05, 3.63) is 29.8 Å². The van der Waals surface area contributed by atoms with E-state index in [2.05, 4.69) is 12.2 Å². The van der Waals surface area contributed by atoms with Gasteiger partial charge in [-0.05, 0) is 31.0 Å². The van der Waals surface area contributed by atoms with Crippen LogP contribution in [0.15, 0.2) is 24.3 Å². The van der Waals surface area contributed by atoms with Crippen LogP contribution in [0.4, 0.5) is 5.69 Å². The van der Waals surface area contributed by atoms with Crippen molar-refractivity contribution in [2.45, 2.75) is 39.5 Å². The van der Waals surface area contributed by atoms with E-state index in [0.717, 1.165) is 31.2 Å². The Morgan fingerprint density at radius 2 is 1.95 bits per heavy atom. The molecule has 0 radical (unpaired) electrons. The van der Waals surface area contributed by atoms with Crippen LogP contribution in [0.5, 0.6) is 0 Å². The van der Waals surface area contributed by atoms with Crippen molar-refractivity contribution in [1.29, 1.82) is 0 Å². The minimum atomic E-state index is -0.431. The molecule has 5 heteroatoms. The monoisotopic (exact) mass is 307 g/mol. The fraction of sp³-hybridized carbons (Fsp3) is 0.529. The number of nitrogens with one attached hydrogen (secondary N) is 1. The number of aryl methyl sites for hydroxylation is 1. The van der Waals surface area contributed by atoms with Crippen molar-refractivity contribution in [2.24, 2.45) is 0 Å². The minimum absolute atomic E-state index is 0.168. The van der Waals surface area contributed by atoms with E-state index in [1.807, 2.05) is 25.1 Å². The van der Waals surface area contributed by atoms with Gasteiger partial charge in [0.1, 0.15) is 13.2 Å². The summed E-state index contributed by atoms with van der Waals surface area (Å²) in [6.07, 6.45) is 4.22. The topological polar surface area (TPSA) is 64.6 Å². The predicted molar refractivity (Wildman–Crippen MR) is 85.7 cm³/mol. The van der Waals surface area contributed by atoms with Gasteiger partial charge in [-0.1, -0.05) is 38.3 Å². The van der Waals surface area contributed by atoms with Gasteiger partial charge in [0.05, 0.1) is 6.61 Å². The molecule has 0 saturated carbocycles. The molecule has 0 saturated heterocycles. The fourth-order valence-corrected chi connectivity index (χ4v) is 1.90. The highest BCUT2D eigenvalue weighted by Crippen LogP contribution is 2.09. The van der Waals surface area contributed by atoms with Crippen molar-refractivity contribution in [1.82, 2.24) is 0 Å². The number of rotatable bonds is 10. The number of unbranched alkanes of at least 4 members (excludes halogenated alkanes) is 3. The lowest BCUT2D eigenvalue weighted by molar-refractivity contribution is -0.149. The summed E-state index contributed by atoms with van der Waals surface area (Å²) in [5.41, 5.74) is 1.78. The van der Waals surface area contributed by atoms with Crippen LogP contribution < -0.4 is 5.32 Å². The molecule has 0 spiro atoms. The molecule has 22 heavy (non-hydrogen) atoms. The Hall–Kier alpha value is -1.88. The van der Waals surface area contributed by atoms with Gasteiger partial charge in [0.2, 0.25) is 5.91 Å². The van der Waals surface area contributed by atoms with E-state index in [0.29, 0.717) is 12.3 Å². The second-order valence-electron chi connectivity index (χ2n) is 5.19. The van der Waals surface area contributed by atoms with Gasteiger partial charge in [-0.3, -0.25) is 4.79 Å². The molecule has 122 valence electrons. The number of carbonyl (C=O) groups excluding carboxylic acids is 2. The summed E-state index contributed by atoms with van der Waals surface area (Å²) in [4.78, 5) is 23.0. The molecular formula is C17H25NO4. The fourth-order valence-electron chi connectivity index (χ4n) is 1.90. The van der Waals surface area contributed by atoms with E-state index in [9.17, 15) is 9.59 Å². The Kier molecular flexibility index (Phi) is 8.91. The lowest BCUT2D eigenvalue weighted by atomic mass is 10.2. The first kappa shape index (κ1) is 18.2. The molecule has 0 aliphatic heterocycles.